The second-order valence-electron chi connectivity index (χ2n) is 5.62. The summed E-state index contributed by atoms with van der Waals surface area (Å²) in [5.41, 5.74) is 1.60. The van der Waals surface area contributed by atoms with Crippen molar-refractivity contribution in [2.24, 2.45) is 0 Å². The van der Waals surface area contributed by atoms with E-state index in [4.69, 9.17) is 0 Å². The Kier molecular flexibility index (Phi) is 4.08. The van der Waals surface area contributed by atoms with Crippen molar-refractivity contribution >= 4 is 21.7 Å². The molecule has 1 atom stereocenters. The number of nitrogens with zero attached hydrogens (tertiary/aromatic N) is 2. The normalized spacial score (nSPS) is 19.4. The highest BCUT2D eigenvalue weighted by molar-refractivity contribution is 7.91. The quantitative estimate of drug-likeness (QED) is 0.889. The predicted octanol–water partition coefficient (Wildman–Crippen LogP) is 1.49. The lowest BCUT2D eigenvalue weighted by Crippen LogP contribution is -2.39. The van der Waals surface area contributed by atoms with Crippen molar-refractivity contribution in [2.45, 2.75) is 19.4 Å². The molecule has 1 unspecified atom stereocenters. The summed E-state index contributed by atoms with van der Waals surface area (Å²) < 4.78 is 24.5. The van der Waals surface area contributed by atoms with Gasteiger partial charge >= 0.3 is 6.03 Å². The molecule has 2 N–H and O–H groups in total. The summed E-state index contributed by atoms with van der Waals surface area (Å²) in [6.45, 7) is 1.84. The molecule has 0 bridgehead atoms. The molecule has 1 aliphatic heterocycles. The Morgan fingerprint density at radius 3 is 2.70 bits per heavy atom. The van der Waals surface area contributed by atoms with Gasteiger partial charge in [-0.25, -0.2) is 17.9 Å². The van der Waals surface area contributed by atoms with Gasteiger partial charge in [0.2, 0.25) is 0 Å². The van der Waals surface area contributed by atoms with E-state index in [9.17, 15) is 13.2 Å². The maximum atomic E-state index is 12.1. The van der Waals surface area contributed by atoms with E-state index in [0.29, 0.717) is 12.2 Å². The average Bonchev–Trinajstić information content (AvgIpc) is 3.02. The van der Waals surface area contributed by atoms with Gasteiger partial charge < -0.3 is 5.32 Å². The maximum Gasteiger partial charge on any atom is 0.320 e. The number of carbonyl (C=O) groups is 1. The first kappa shape index (κ1) is 15.5. The minimum atomic E-state index is -3.02. The summed E-state index contributed by atoms with van der Waals surface area (Å²) in [6, 6.07) is 10.5. The van der Waals surface area contributed by atoms with Gasteiger partial charge in [0.05, 0.1) is 22.9 Å². The van der Waals surface area contributed by atoms with Gasteiger partial charge in [-0.15, -0.1) is 0 Å². The molecule has 2 aromatic rings. The van der Waals surface area contributed by atoms with Gasteiger partial charge in [0.1, 0.15) is 5.82 Å². The van der Waals surface area contributed by atoms with Crippen LogP contribution in [0.2, 0.25) is 0 Å². The number of nitrogens with one attached hydrogen (secondary N) is 2. The van der Waals surface area contributed by atoms with E-state index in [-0.39, 0.29) is 17.5 Å². The van der Waals surface area contributed by atoms with Gasteiger partial charge in [-0.3, -0.25) is 5.32 Å². The zero-order valence-electron chi connectivity index (χ0n) is 12.7. The predicted molar refractivity (Wildman–Crippen MR) is 87.5 cm³/mol. The molecule has 0 aliphatic carbocycles. The summed E-state index contributed by atoms with van der Waals surface area (Å²) in [5, 5.41) is 9.81. The molecule has 1 aromatic carbocycles. The summed E-state index contributed by atoms with van der Waals surface area (Å²) in [6.07, 6.45) is 0.451. The van der Waals surface area contributed by atoms with Crippen molar-refractivity contribution in [2.75, 3.05) is 16.8 Å². The zero-order valence-corrected chi connectivity index (χ0v) is 13.5. The van der Waals surface area contributed by atoms with Crippen molar-refractivity contribution in [3.05, 3.63) is 42.1 Å². The number of hydrogen-bond acceptors (Lipinski definition) is 4. The van der Waals surface area contributed by atoms with E-state index in [1.807, 2.05) is 37.3 Å². The first-order valence-electron chi connectivity index (χ1n) is 7.33. The van der Waals surface area contributed by atoms with Crippen LogP contribution >= 0.6 is 0 Å². The van der Waals surface area contributed by atoms with Crippen LogP contribution in [0.15, 0.2) is 36.4 Å². The van der Waals surface area contributed by atoms with Crippen LogP contribution in [0.5, 0.6) is 0 Å². The van der Waals surface area contributed by atoms with Gasteiger partial charge in [-0.1, -0.05) is 18.2 Å². The molecule has 0 saturated carbocycles. The van der Waals surface area contributed by atoms with Gasteiger partial charge in [0.25, 0.3) is 0 Å². The molecule has 1 saturated heterocycles. The number of aromatic nitrogens is 2. The number of anilines is 1. The number of amides is 2. The Balaban J connectivity index is 1.72. The Bertz CT molecular complexity index is 815. The van der Waals surface area contributed by atoms with E-state index in [0.717, 1.165) is 11.4 Å². The zero-order chi connectivity index (χ0) is 16.4. The number of para-hydroxylation sites is 1. The van der Waals surface area contributed by atoms with E-state index in [1.165, 1.54) is 0 Å². The molecule has 7 nitrogen and oxygen atoms in total. The monoisotopic (exact) mass is 334 g/mol. The first-order valence-corrected chi connectivity index (χ1v) is 9.15. The number of sulfone groups is 1. The Morgan fingerprint density at radius 2 is 2.04 bits per heavy atom. The molecule has 8 heteroatoms. The highest BCUT2D eigenvalue weighted by Crippen LogP contribution is 2.17. The summed E-state index contributed by atoms with van der Waals surface area (Å²) >= 11 is 0. The number of benzene rings is 1. The van der Waals surface area contributed by atoms with Gasteiger partial charge in [-0.05, 0) is 25.5 Å². The van der Waals surface area contributed by atoms with Crippen molar-refractivity contribution in [1.82, 2.24) is 15.1 Å². The van der Waals surface area contributed by atoms with Gasteiger partial charge in [-0.2, -0.15) is 5.10 Å². The lowest BCUT2D eigenvalue weighted by atomic mass is 10.3. The second-order valence-corrected chi connectivity index (χ2v) is 7.85. The molecule has 1 aliphatic rings. The molecule has 122 valence electrons. The number of rotatable bonds is 3. The maximum absolute atomic E-state index is 12.1. The molecule has 2 amide bonds. The second kappa shape index (κ2) is 6.04. The number of aryl methyl sites for hydroxylation is 1. The highest BCUT2D eigenvalue weighted by Gasteiger charge is 2.29. The molecule has 2 heterocycles. The number of carbonyl (C=O) groups excluding carboxylic acids is 1. The third kappa shape index (κ3) is 3.70. The highest BCUT2D eigenvalue weighted by atomic mass is 32.2. The summed E-state index contributed by atoms with van der Waals surface area (Å²) in [5.74, 6) is 0.656. The van der Waals surface area contributed by atoms with E-state index >= 15 is 0 Å². The van der Waals surface area contributed by atoms with Crippen molar-refractivity contribution in [3.63, 3.8) is 0 Å². The smallest absolute Gasteiger partial charge is 0.320 e. The minimum Gasteiger partial charge on any atom is -0.334 e. The Labute approximate surface area is 134 Å². The molecule has 1 fully saturated rings. The SMILES string of the molecule is Cc1cc(NC(=O)NC2CCS(=O)(=O)C2)n(-c2ccccc2)n1. The lowest BCUT2D eigenvalue weighted by Gasteiger charge is -2.13. The lowest BCUT2D eigenvalue weighted by molar-refractivity contribution is 0.249. The van der Waals surface area contributed by atoms with Crippen LogP contribution in [0.1, 0.15) is 12.1 Å². The molecular formula is C15H18N4O3S. The fourth-order valence-electron chi connectivity index (χ4n) is 2.60. The molecule has 23 heavy (non-hydrogen) atoms. The standard InChI is InChI=1S/C15H18N4O3S/c1-11-9-14(19(18-11)13-5-3-2-4-6-13)17-15(20)16-12-7-8-23(21,22)10-12/h2-6,9,12H,7-8,10H2,1H3,(H2,16,17,20). The molecule has 1 aromatic heterocycles. The fourth-order valence-corrected chi connectivity index (χ4v) is 4.27. The van der Waals surface area contributed by atoms with Gasteiger partial charge in [0, 0.05) is 12.1 Å². The van der Waals surface area contributed by atoms with E-state index in [1.54, 1.807) is 10.7 Å². The van der Waals surface area contributed by atoms with Crippen LogP contribution in [0.3, 0.4) is 0 Å². The Morgan fingerprint density at radius 1 is 1.30 bits per heavy atom. The molecular weight excluding hydrogens is 316 g/mol. The molecule has 0 spiro atoms. The van der Waals surface area contributed by atoms with Gasteiger partial charge in [0.15, 0.2) is 9.84 Å². The topological polar surface area (TPSA) is 93.1 Å². The van der Waals surface area contributed by atoms with E-state index < -0.39 is 15.9 Å². The van der Waals surface area contributed by atoms with Crippen LogP contribution in [-0.4, -0.2) is 41.8 Å². The van der Waals surface area contributed by atoms with Crippen LogP contribution in [0.4, 0.5) is 10.6 Å². The van der Waals surface area contributed by atoms with Crippen LogP contribution in [0, 0.1) is 6.92 Å². The molecule has 3 rings (SSSR count). The van der Waals surface area contributed by atoms with Crippen molar-refractivity contribution in [1.29, 1.82) is 0 Å². The third-order valence-electron chi connectivity index (χ3n) is 3.64. The summed E-state index contributed by atoms with van der Waals surface area (Å²) in [4.78, 5) is 12.1. The van der Waals surface area contributed by atoms with Crippen molar-refractivity contribution < 1.29 is 13.2 Å². The average molecular weight is 334 g/mol. The van der Waals surface area contributed by atoms with Crippen LogP contribution in [0.25, 0.3) is 5.69 Å². The molecule has 0 radical (unpaired) electrons. The number of urea groups is 1. The minimum absolute atomic E-state index is 0.00258. The van der Waals surface area contributed by atoms with Crippen LogP contribution in [-0.2, 0) is 9.84 Å². The third-order valence-corrected chi connectivity index (χ3v) is 5.41. The fraction of sp³-hybridized carbons (Fsp3) is 0.333. The first-order chi connectivity index (χ1) is 10.9. The summed E-state index contributed by atoms with van der Waals surface area (Å²) in [7, 11) is -3.02. The van der Waals surface area contributed by atoms with E-state index in [2.05, 4.69) is 15.7 Å². The Hall–Kier alpha value is -2.35. The van der Waals surface area contributed by atoms with Crippen molar-refractivity contribution in [3.8, 4) is 5.69 Å². The number of hydrogen-bond donors (Lipinski definition) is 2. The largest absolute Gasteiger partial charge is 0.334 e. The van der Waals surface area contributed by atoms with Crippen LogP contribution < -0.4 is 10.6 Å².